The lowest BCUT2D eigenvalue weighted by Gasteiger charge is -2.23. The van der Waals surface area contributed by atoms with Crippen molar-refractivity contribution in [3.63, 3.8) is 0 Å². The van der Waals surface area contributed by atoms with Gasteiger partial charge in [-0.15, -0.1) is 0 Å². The summed E-state index contributed by atoms with van der Waals surface area (Å²) in [5.41, 5.74) is 6.17. The summed E-state index contributed by atoms with van der Waals surface area (Å²) in [6.45, 7) is 0. The van der Waals surface area contributed by atoms with Crippen LogP contribution in [-0.2, 0) is 6.42 Å². The van der Waals surface area contributed by atoms with Crippen LogP contribution < -0.4 is 0 Å². The number of benzene rings is 1. The highest BCUT2D eigenvalue weighted by atomic mass is 14.7. The molecule has 1 heterocycles. The van der Waals surface area contributed by atoms with Gasteiger partial charge in [0, 0.05) is 22.5 Å². The standard InChI is InChI=1S/C17H19N/c1-2-8-13-12(6-1)7-5-11-16-17(13)14-9-3-4-10-15(14)18-16/h3-4,6,9-10,13,18H,1-2,5,7-8,11H2. The van der Waals surface area contributed by atoms with E-state index in [1.54, 1.807) is 11.1 Å². The van der Waals surface area contributed by atoms with Gasteiger partial charge < -0.3 is 4.98 Å². The first-order valence-electron chi connectivity index (χ1n) is 7.22. The minimum absolute atomic E-state index is 0.701. The molecular weight excluding hydrogens is 218 g/mol. The van der Waals surface area contributed by atoms with Crippen molar-refractivity contribution >= 4 is 10.9 Å². The zero-order chi connectivity index (χ0) is 11.9. The lowest BCUT2D eigenvalue weighted by Crippen LogP contribution is -2.06. The SMILES string of the molecule is C1=C2CCCc3[nH]c4ccccc4c3C2CCC1. The molecule has 1 nitrogen and oxygen atoms in total. The molecule has 0 saturated heterocycles. The van der Waals surface area contributed by atoms with Gasteiger partial charge in [-0.2, -0.15) is 0 Å². The number of hydrogen-bond acceptors (Lipinski definition) is 0. The largest absolute Gasteiger partial charge is 0.358 e. The van der Waals surface area contributed by atoms with Crippen LogP contribution in [0.5, 0.6) is 0 Å². The molecule has 2 aliphatic carbocycles. The third kappa shape index (κ3) is 1.46. The van der Waals surface area contributed by atoms with Crippen LogP contribution in [0.25, 0.3) is 10.9 Å². The predicted octanol–water partition coefficient (Wildman–Crippen LogP) is 4.70. The number of para-hydroxylation sites is 1. The Hall–Kier alpha value is -1.50. The minimum Gasteiger partial charge on any atom is -0.358 e. The number of H-pyrrole nitrogens is 1. The van der Waals surface area contributed by atoms with Gasteiger partial charge in [0.25, 0.3) is 0 Å². The molecule has 0 amide bonds. The summed E-state index contributed by atoms with van der Waals surface area (Å²) in [5, 5.41) is 1.46. The highest BCUT2D eigenvalue weighted by Crippen LogP contribution is 2.43. The Balaban J connectivity index is 1.98. The second-order valence-electron chi connectivity index (χ2n) is 5.68. The monoisotopic (exact) mass is 237 g/mol. The van der Waals surface area contributed by atoms with E-state index in [2.05, 4.69) is 35.3 Å². The van der Waals surface area contributed by atoms with Crippen molar-refractivity contribution in [2.75, 3.05) is 0 Å². The predicted molar refractivity (Wildman–Crippen MR) is 75.9 cm³/mol. The molecule has 1 N–H and O–H groups in total. The molecule has 0 saturated carbocycles. The van der Waals surface area contributed by atoms with E-state index in [1.165, 1.54) is 55.1 Å². The van der Waals surface area contributed by atoms with Gasteiger partial charge in [-0.3, -0.25) is 0 Å². The van der Waals surface area contributed by atoms with Gasteiger partial charge in [0.2, 0.25) is 0 Å². The van der Waals surface area contributed by atoms with Crippen LogP contribution in [0, 0.1) is 0 Å². The maximum atomic E-state index is 3.66. The Morgan fingerprint density at radius 1 is 1.06 bits per heavy atom. The molecule has 18 heavy (non-hydrogen) atoms. The summed E-state index contributed by atoms with van der Waals surface area (Å²) >= 11 is 0. The molecule has 1 aromatic carbocycles. The van der Waals surface area contributed by atoms with Crippen LogP contribution in [0.2, 0.25) is 0 Å². The molecule has 1 heteroatoms. The third-order valence-corrected chi connectivity index (χ3v) is 4.62. The lowest BCUT2D eigenvalue weighted by atomic mass is 9.81. The number of aromatic amines is 1. The van der Waals surface area contributed by atoms with Crippen molar-refractivity contribution < 1.29 is 0 Å². The minimum atomic E-state index is 0.701. The van der Waals surface area contributed by atoms with Crippen LogP contribution in [0.1, 0.15) is 49.3 Å². The number of fused-ring (bicyclic) bond motifs is 5. The Morgan fingerprint density at radius 3 is 3.00 bits per heavy atom. The number of aromatic nitrogens is 1. The molecule has 4 rings (SSSR count). The lowest BCUT2D eigenvalue weighted by molar-refractivity contribution is 0.608. The van der Waals surface area contributed by atoms with Crippen molar-refractivity contribution in [2.24, 2.45) is 0 Å². The average molecular weight is 237 g/mol. The smallest absolute Gasteiger partial charge is 0.0459 e. The molecule has 92 valence electrons. The Morgan fingerprint density at radius 2 is 2.00 bits per heavy atom. The summed E-state index contributed by atoms with van der Waals surface area (Å²) in [4.78, 5) is 3.66. The number of allylic oxidation sites excluding steroid dienone is 2. The number of nitrogens with one attached hydrogen (secondary N) is 1. The number of rotatable bonds is 0. The zero-order valence-corrected chi connectivity index (χ0v) is 10.7. The normalized spacial score (nSPS) is 23.1. The van der Waals surface area contributed by atoms with Gasteiger partial charge in [-0.05, 0) is 50.2 Å². The molecule has 0 spiro atoms. The van der Waals surface area contributed by atoms with Crippen molar-refractivity contribution in [1.29, 1.82) is 0 Å². The fourth-order valence-electron chi connectivity index (χ4n) is 3.83. The van der Waals surface area contributed by atoms with E-state index in [1.807, 2.05) is 0 Å². The van der Waals surface area contributed by atoms with Gasteiger partial charge in [-0.25, -0.2) is 0 Å². The van der Waals surface area contributed by atoms with E-state index in [0.717, 1.165) is 0 Å². The molecule has 1 unspecified atom stereocenters. The first kappa shape index (κ1) is 10.4. The first-order valence-corrected chi connectivity index (χ1v) is 7.22. The Labute approximate surface area is 108 Å². The van der Waals surface area contributed by atoms with Gasteiger partial charge in [0.15, 0.2) is 0 Å². The Bertz CT molecular complexity index is 618. The molecule has 2 aromatic rings. The van der Waals surface area contributed by atoms with Crippen molar-refractivity contribution in [3.05, 3.63) is 47.2 Å². The number of hydrogen-bond donors (Lipinski definition) is 1. The van der Waals surface area contributed by atoms with Crippen molar-refractivity contribution in [1.82, 2.24) is 4.98 Å². The van der Waals surface area contributed by atoms with Crippen molar-refractivity contribution in [3.8, 4) is 0 Å². The maximum absolute atomic E-state index is 3.66. The molecule has 1 aromatic heterocycles. The molecule has 0 radical (unpaired) electrons. The topological polar surface area (TPSA) is 15.8 Å². The zero-order valence-electron chi connectivity index (χ0n) is 10.7. The van der Waals surface area contributed by atoms with Gasteiger partial charge >= 0.3 is 0 Å². The van der Waals surface area contributed by atoms with Crippen LogP contribution >= 0.6 is 0 Å². The summed E-state index contributed by atoms with van der Waals surface area (Å²) in [6.07, 6.45) is 10.4. The van der Waals surface area contributed by atoms with Crippen LogP contribution in [0.15, 0.2) is 35.9 Å². The van der Waals surface area contributed by atoms with E-state index in [-0.39, 0.29) is 0 Å². The average Bonchev–Trinajstić information content (AvgIpc) is 2.68. The van der Waals surface area contributed by atoms with E-state index >= 15 is 0 Å². The molecule has 2 aliphatic rings. The van der Waals surface area contributed by atoms with Gasteiger partial charge in [-0.1, -0.05) is 29.8 Å². The van der Waals surface area contributed by atoms with E-state index < -0.39 is 0 Å². The molecular formula is C17H19N. The number of aryl methyl sites for hydroxylation is 1. The highest BCUT2D eigenvalue weighted by Gasteiger charge is 2.27. The fraction of sp³-hybridized carbons (Fsp3) is 0.412. The summed E-state index contributed by atoms with van der Waals surface area (Å²) in [5.74, 6) is 0.701. The van der Waals surface area contributed by atoms with Crippen LogP contribution in [0.4, 0.5) is 0 Å². The van der Waals surface area contributed by atoms with E-state index in [0.29, 0.717) is 5.92 Å². The van der Waals surface area contributed by atoms with E-state index in [9.17, 15) is 0 Å². The van der Waals surface area contributed by atoms with Crippen molar-refractivity contribution in [2.45, 2.75) is 44.4 Å². The Kier molecular flexibility index (Phi) is 2.32. The second kappa shape index (κ2) is 4.01. The molecule has 0 bridgehead atoms. The maximum Gasteiger partial charge on any atom is 0.0459 e. The molecule has 1 atom stereocenters. The molecule has 0 aliphatic heterocycles. The quantitative estimate of drug-likeness (QED) is 0.639. The molecule has 0 fully saturated rings. The fourth-order valence-corrected chi connectivity index (χ4v) is 3.83. The third-order valence-electron chi connectivity index (χ3n) is 4.62. The van der Waals surface area contributed by atoms with Gasteiger partial charge in [0.1, 0.15) is 0 Å². The highest BCUT2D eigenvalue weighted by molar-refractivity contribution is 5.86. The van der Waals surface area contributed by atoms with Crippen LogP contribution in [0.3, 0.4) is 0 Å². The summed E-state index contributed by atoms with van der Waals surface area (Å²) in [6, 6.07) is 8.82. The summed E-state index contributed by atoms with van der Waals surface area (Å²) in [7, 11) is 0. The van der Waals surface area contributed by atoms with Crippen LogP contribution in [-0.4, -0.2) is 4.98 Å². The van der Waals surface area contributed by atoms with E-state index in [4.69, 9.17) is 0 Å². The summed E-state index contributed by atoms with van der Waals surface area (Å²) < 4.78 is 0. The first-order chi connectivity index (χ1) is 8.93. The second-order valence-corrected chi connectivity index (χ2v) is 5.68. The van der Waals surface area contributed by atoms with Gasteiger partial charge in [0.05, 0.1) is 0 Å².